The molecule has 3 rings (SSSR count). The number of para-hydroxylation sites is 1. The number of hydrogen-bond acceptors (Lipinski definition) is 6. The van der Waals surface area contributed by atoms with Crippen molar-refractivity contribution < 1.29 is 14.3 Å². The Kier molecular flexibility index (Phi) is 6.59. The predicted octanol–water partition coefficient (Wildman–Crippen LogP) is 2.56. The Balaban J connectivity index is 1.63. The summed E-state index contributed by atoms with van der Waals surface area (Å²) in [6.45, 7) is 4.56. The molecule has 1 aliphatic rings. The molecular weight excluding hydrogens is 344 g/mol. The number of piperidine rings is 1. The van der Waals surface area contributed by atoms with Gasteiger partial charge in [0.25, 0.3) is 5.88 Å². The minimum Gasteiger partial charge on any atom is -0.436 e. The maximum atomic E-state index is 12.2. The van der Waals surface area contributed by atoms with Gasteiger partial charge >= 0.3 is 0 Å². The van der Waals surface area contributed by atoms with Gasteiger partial charge in [-0.3, -0.25) is 4.79 Å². The van der Waals surface area contributed by atoms with Crippen molar-refractivity contribution in [1.82, 2.24) is 15.3 Å². The number of aromatic nitrogens is 2. The van der Waals surface area contributed by atoms with E-state index >= 15 is 0 Å². The van der Waals surface area contributed by atoms with Gasteiger partial charge in [0.2, 0.25) is 5.91 Å². The van der Waals surface area contributed by atoms with Crippen LogP contribution >= 0.6 is 0 Å². The standard InChI is InChI=1S/C20H26N4O3/c1-15-5-3-4-6-17(15)27-20-18(21-9-10-23-20)24-12-7-16(8-13-24)19(25)22-11-14-26-2/h3-6,9-10,16H,7-8,11-14H2,1-2H3,(H,22,25). The lowest BCUT2D eigenvalue weighted by atomic mass is 9.96. The first-order valence-corrected chi connectivity index (χ1v) is 9.25. The van der Waals surface area contributed by atoms with Gasteiger partial charge in [0, 0.05) is 45.1 Å². The molecule has 1 aromatic carbocycles. The summed E-state index contributed by atoms with van der Waals surface area (Å²) >= 11 is 0. The van der Waals surface area contributed by atoms with Crippen LogP contribution in [0.1, 0.15) is 18.4 Å². The molecule has 7 heteroatoms. The van der Waals surface area contributed by atoms with E-state index in [-0.39, 0.29) is 11.8 Å². The maximum Gasteiger partial charge on any atom is 0.263 e. The summed E-state index contributed by atoms with van der Waals surface area (Å²) in [5, 5.41) is 2.92. The first-order chi connectivity index (χ1) is 13.2. The minimum absolute atomic E-state index is 0.0236. The second-order valence-electron chi connectivity index (χ2n) is 6.60. The van der Waals surface area contributed by atoms with Crippen molar-refractivity contribution in [2.45, 2.75) is 19.8 Å². The van der Waals surface area contributed by atoms with Gasteiger partial charge in [0.1, 0.15) is 5.75 Å². The minimum atomic E-state index is 0.0236. The van der Waals surface area contributed by atoms with Crippen molar-refractivity contribution in [2.75, 3.05) is 38.3 Å². The lowest BCUT2D eigenvalue weighted by Gasteiger charge is -2.32. The third-order valence-corrected chi connectivity index (χ3v) is 4.72. The third kappa shape index (κ3) is 4.95. The monoisotopic (exact) mass is 370 g/mol. The van der Waals surface area contributed by atoms with Gasteiger partial charge in [-0.1, -0.05) is 18.2 Å². The number of rotatable bonds is 7. The van der Waals surface area contributed by atoms with Crippen LogP contribution in [-0.4, -0.2) is 49.2 Å². The van der Waals surface area contributed by atoms with Crippen LogP contribution in [0.3, 0.4) is 0 Å². The highest BCUT2D eigenvalue weighted by molar-refractivity contribution is 5.79. The average molecular weight is 370 g/mol. The van der Waals surface area contributed by atoms with E-state index in [2.05, 4.69) is 20.2 Å². The zero-order chi connectivity index (χ0) is 19.1. The molecule has 0 atom stereocenters. The zero-order valence-electron chi connectivity index (χ0n) is 15.9. The van der Waals surface area contributed by atoms with Gasteiger partial charge < -0.3 is 19.7 Å². The highest BCUT2D eigenvalue weighted by Crippen LogP contribution is 2.32. The molecule has 0 spiro atoms. The molecule has 0 saturated carbocycles. The van der Waals surface area contributed by atoms with Crippen molar-refractivity contribution in [1.29, 1.82) is 0 Å². The Labute approximate surface area is 159 Å². The van der Waals surface area contributed by atoms with E-state index in [1.165, 1.54) is 0 Å². The average Bonchev–Trinajstić information content (AvgIpc) is 2.70. The summed E-state index contributed by atoms with van der Waals surface area (Å²) in [5.41, 5.74) is 1.04. The topological polar surface area (TPSA) is 76.6 Å². The number of aryl methyl sites for hydroxylation is 1. The second kappa shape index (κ2) is 9.32. The molecule has 0 bridgehead atoms. The molecule has 7 nitrogen and oxygen atoms in total. The van der Waals surface area contributed by atoms with E-state index in [0.29, 0.717) is 19.0 Å². The van der Waals surface area contributed by atoms with Crippen LogP contribution in [0, 0.1) is 12.8 Å². The van der Waals surface area contributed by atoms with E-state index in [1.54, 1.807) is 19.5 Å². The number of nitrogens with one attached hydrogen (secondary N) is 1. The van der Waals surface area contributed by atoms with Crippen molar-refractivity contribution in [3.63, 3.8) is 0 Å². The number of methoxy groups -OCH3 is 1. The van der Waals surface area contributed by atoms with Crippen molar-refractivity contribution in [3.05, 3.63) is 42.2 Å². The number of carbonyl (C=O) groups is 1. The lowest BCUT2D eigenvalue weighted by Crippen LogP contribution is -2.41. The number of ether oxygens (including phenoxy) is 2. The van der Waals surface area contributed by atoms with Gasteiger partial charge in [-0.05, 0) is 31.4 Å². The summed E-state index contributed by atoms with van der Waals surface area (Å²) in [6, 6.07) is 7.83. The van der Waals surface area contributed by atoms with Crippen LogP contribution in [0.2, 0.25) is 0 Å². The molecule has 144 valence electrons. The van der Waals surface area contributed by atoms with Crippen LogP contribution < -0.4 is 15.0 Å². The molecular formula is C20H26N4O3. The first-order valence-electron chi connectivity index (χ1n) is 9.25. The number of hydrogen-bond donors (Lipinski definition) is 1. The molecule has 0 unspecified atom stereocenters. The van der Waals surface area contributed by atoms with Gasteiger partial charge in [0.05, 0.1) is 6.61 Å². The molecule has 1 aliphatic heterocycles. The van der Waals surface area contributed by atoms with E-state index in [0.717, 1.165) is 43.1 Å². The van der Waals surface area contributed by atoms with Crippen LogP contribution in [0.4, 0.5) is 5.82 Å². The van der Waals surface area contributed by atoms with Gasteiger partial charge in [-0.15, -0.1) is 0 Å². The SMILES string of the molecule is COCCNC(=O)C1CCN(c2nccnc2Oc2ccccc2C)CC1. The van der Waals surface area contributed by atoms with E-state index in [9.17, 15) is 4.79 Å². The van der Waals surface area contributed by atoms with Gasteiger partial charge in [-0.2, -0.15) is 0 Å². The van der Waals surface area contributed by atoms with E-state index in [4.69, 9.17) is 9.47 Å². The molecule has 2 aromatic rings. The van der Waals surface area contributed by atoms with E-state index in [1.807, 2.05) is 31.2 Å². The Morgan fingerprint density at radius 1 is 1.22 bits per heavy atom. The molecule has 1 fully saturated rings. The molecule has 1 saturated heterocycles. The molecule has 0 aliphatic carbocycles. The van der Waals surface area contributed by atoms with Crippen molar-refractivity contribution in [2.24, 2.45) is 5.92 Å². The Morgan fingerprint density at radius 2 is 1.96 bits per heavy atom. The number of benzene rings is 1. The molecule has 27 heavy (non-hydrogen) atoms. The fourth-order valence-corrected chi connectivity index (χ4v) is 3.16. The third-order valence-electron chi connectivity index (χ3n) is 4.72. The van der Waals surface area contributed by atoms with Gasteiger partial charge in [0.15, 0.2) is 5.82 Å². The summed E-state index contributed by atoms with van der Waals surface area (Å²) in [7, 11) is 1.63. The summed E-state index contributed by atoms with van der Waals surface area (Å²) < 4.78 is 11.0. The molecule has 1 N–H and O–H groups in total. The smallest absolute Gasteiger partial charge is 0.263 e. The fourth-order valence-electron chi connectivity index (χ4n) is 3.16. The summed E-state index contributed by atoms with van der Waals surface area (Å²) in [4.78, 5) is 23.2. The van der Waals surface area contributed by atoms with Crippen LogP contribution in [0.25, 0.3) is 0 Å². The molecule has 0 radical (unpaired) electrons. The van der Waals surface area contributed by atoms with Crippen molar-refractivity contribution >= 4 is 11.7 Å². The largest absolute Gasteiger partial charge is 0.436 e. The number of amides is 1. The van der Waals surface area contributed by atoms with Crippen molar-refractivity contribution in [3.8, 4) is 11.6 Å². The summed E-state index contributed by atoms with van der Waals surface area (Å²) in [6.07, 6.45) is 4.86. The number of anilines is 1. The fraction of sp³-hybridized carbons (Fsp3) is 0.450. The number of nitrogens with zero attached hydrogens (tertiary/aromatic N) is 3. The number of carbonyl (C=O) groups excluding carboxylic acids is 1. The quantitative estimate of drug-likeness (QED) is 0.755. The maximum absolute atomic E-state index is 12.2. The Hall–Kier alpha value is -2.67. The normalized spacial score (nSPS) is 14.8. The second-order valence-corrected chi connectivity index (χ2v) is 6.60. The van der Waals surface area contributed by atoms with Crippen LogP contribution in [-0.2, 0) is 9.53 Å². The van der Waals surface area contributed by atoms with E-state index < -0.39 is 0 Å². The Bertz CT molecular complexity index is 760. The molecule has 1 amide bonds. The predicted molar refractivity (Wildman–Crippen MR) is 103 cm³/mol. The lowest BCUT2D eigenvalue weighted by molar-refractivity contribution is -0.125. The van der Waals surface area contributed by atoms with Crippen LogP contribution in [0.5, 0.6) is 11.6 Å². The molecule has 1 aromatic heterocycles. The highest BCUT2D eigenvalue weighted by atomic mass is 16.5. The molecule has 2 heterocycles. The Morgan fingerprint density at radius 3 is 2.70 bits per heavy atom. The van der Waals surface area contributed by atoms with Gasteiger partial charge in [-0.25, -0.2) is 9.97 Å². The summed E-state index contributed by atoms with van der Waals surface area (Å²) in [5.74, 6) is 2.11. The zero-order valence-corrected chi connectivity index (χ0v) is 15.9. The van der Waals surface area contributed by atoms with Crippen LogP contribution in [0.15, 0.2) is 36.7 Å². The first kappa shape index (κ1) is 19.1. The highest BCUT2D eigenvalue weighted by Gasteiger charge is 2.27.